The molecule has 0 amide bonds. The number of nitrogens with zero attached hydrogens (tertiary/aromatic N) is 4. The summed E-state index contributed by atoms with van der Waals surface area (Å²) in [5.74, 6) is 1.26. The van der Waals surface area contributed by atoms with Gasteiger partial charge >= 0.3 is 5.97 Å². The number of unbranched alkanes of at least 4 members (excludes halogenated alkanes) is 1. The van der Waals surface area contributed by atoms with Crippen molar-refractivity contribution < 1.29 is 14.6 Å². The molecule has 0 unspecified atom stereocenters. The Kier molecular flexibility index (Phi) is 8.16. The van der Waals surface area contributed by atoms with Gasteiger partial charge in [-0.05, 0) is 87.4 Å². The van der Waals surface area contributed by atoms with Gasteiger partial charge in [0, 0.05) is 44.0 Å². The van der Waals surface area contributed by atoms with Crippen LogP contribution in [0.15, 0.2) is 42.9 Å². The molecular formula is C27H36N4O3. The number of aliphatic carboxylic acids is 1. The number of ether oxygens (including phenoxy) is 1. The van der Waals surface area contributed by atoms with E-state index >= 15 is 0 Å². The maximum absolute atomic E-state index is 12.1. The van der Waals surface area contributed by atoms with Crippen molar-refractivity contribution in [3.63, 3.8) is 0 Å². The Morgan fingerprint density at radius 3 is 2.79 bits per heavy atom. The number of piperidine rings is 1. The molecule has 7 heteroatoms. The smallest absolute Gasteiger partial charge is 0.308 e. The standard InChI is InChI=1S/C27H36N4O3/c1-30-17-14-29-26(30)8-3-4-15-31-16-12-21(24(19-31)27(32)33)7-5-6-20-11-13-28-25-10-9-22(34-2)18-23(20)25/h9-11,13-14,17-18,21,24H,3-8,12,15-16,19H2,1-2H3,(H,32,33)/t21-,24+/m1/s1. The van der Waals surface area contributed by atoms with Gasteiger partial charge in [0.25, 0.3) is 0 Å². The number of hydrogen-bond acceptors (Lipinski definition) is 5. The Hall–Kier alpha value is -2.93. The van der Waals surface area contributed by atoms with Crippen LogP contribution in [0.3, 0.4) is 0 Å². The fraction of sp³-hybridized carbons (Fsp3) is 0.519. The minimum absolute atomic E-state index is 0.240. The van der Waals surface area contributed by atoms with Crippen LogP contribution in [0.2, 0.25) is 0 Å². The van der Waals surface area contributed by atoms with Gasteiger partial charge in [0.05, 0.1) is 18.5 Å². The highest BCUT2D eigenvalue weighted by Gasteiger charge is 2.33. The number of hydrogen-bond donors (Lipinski definition) is 1. The third-order valence-corrected chi connectivity index (χ3v) is 7.26. The SMILES string of the molecule is COc1ccc2nccc(CCC[C@@H]3CCN(CCCCc4nccn4C)C[C@@H]3C(=O)O)c2c1. The monoisotopic (exact) mass is 464 g/mol. The predicted octanol–water partition coefficient (Wildman–Crippen LogP) is 4.35. The van der Waals surface area contributed by atoms with E-state index in [0.29, 0.717) is 6.54 Å². The van der Waals surface area contributed by atoms with Crippen LogP contribution in [0.1, 0.15) is 43.5 Å². The Morgan fingerprint density at radius 2 is 2.03 bits per heavy atom. The fourth-order valence-corrected chi connectivity index (χ4v) is 5.23. The Bertz CT molecular complexity index is 1100. The van der Waals surface area contributed by atoms with Crippen molar-refractivity contribution in [3.05, 3.63) is 54.2 Å². The summed E-state index contributed by atoms with van der Waals surface area (Å²) < 4.78 is 7.45. The van der Waals surface area contributed by atoms with Crippen molar-refractivity contribution in [2.75, 3.05) is 26.7 Å². The van der Waals surface area contributed by atoms with Gasteiger partial charge in [0.1, 0.15) is 11.6 Å². The molecule has 3 heterocycles. The molecule has 2 atom stereocenters. The zero-order valence-electron chi connectivity index (χ0n) is 20.3. The number of fused-ring (bicyclic) bond motifs is 1. The molecule has 1 fully saturated rings. The lowest BCUT2D eigenvalue weighted by molar-refractivity contribution is -0.146. The molecule has 34 heavy (non-hydrogen) atoms. The molecule has 1 N–H and O–H groups in total. The van der Waals surface area contributed by atoms with Crippen LogP contribution < -0.4 is 4.74 Å². The number of aromatic nitrogens is 3. The summed E-state index contributed by atoms with van der Waals surface area (Å²) in [7, 11) is 3.70. The van der Waals surface area contributed by atoms with Crippen molar-refractivity contribution in [3.8, 4) is 5.75 Å². The van der Waals surface area contributed by atoms with Crippen molar-refractivity contribution in [2.45, 2.75) is 44.9 Å². The van der Waals surface area contributed by atoms with Crippen LogP contribution in [0, 0.1) is 11.8 Å². The first-order valence-corrected chi connectivity index (χ1v) is 12.4. The summed E-state index contributed by atoms with van der Waals surface area (Å²) in [5, 5.41) is 11.0. The molecule has 1 aliphatic rings. The quantitative estimate of drug-likeness (QED) is 0.425. The topological polar surface area (TPSA) is 80.5 Å². The first-order valence-electron chi connectivity index (χ1n) is 12.4. The summed E-state index contributed by atoms with van der Waals surface area (Å²) >= 11 is 0. The van der Waals surface area contributed by atoms with Gasteiger partial charge < -0.3 is 19.3 Å². The van der Waals surface area contributed by atoms with E-state index in [1.807, 2.05) is 43.8 Å². The molecule has 3 aromatic rings. The van der Waals surface area contributed by atoms with Crippen molar-refractivity contribution in [1.29, 1.82) is 0 Å². The lowest BCUT2D eigenvalue weighted by atomic mass is 9.81. The maximum atomic E-state index is 12.1. The molecule has 0 radical (unpaired) electrons. The highest BCUT2D eigenvalue weighted by atomic mass is 16.5. The minimum Gasteiger partial charge on any atom is -0.497 e. The van der Waals surface area contributed by atoms with Crippen LogP contribution in [0.5, 0.6) is 5.75 Å². The van der Waals surface area contributed by atoms with E-state index in [4.69, 9.17) is 4.74 Å². The third-order valence-electron chi connectivity index (χ3n) is 7.26. The second-order valence-corrected chi connectivity index (χ2v) is 9.45. The normalized spacial score (nSPS) is 18.9. The fourth-order valence-electron chi connectivity index (χ4n) is 5.23. The van der Waals surface area contributed by atoms with E-state index in [2.05, 4.69) is 25.5 Å². The zero-order valence-corrected chi connectivity index (χ0v) is 20.3. The molecular weight excluding hydrogens is 428 g/mol. The lowest BCUT2D eigenvalue weighted by Gasteiger charge is -2.36. The number of imidazole rings is 1. The van der Waals surface area contributed by atoms with Crippen LogP contribution in [-0.2, 0) is 24.7 Å². The van der Waals surface area contributed by atoms with Gasteiger partial charge in [-0.3, -0.25) is 9.78 Å². The number of aryl methyl sites for hydroxylation is 3. The highest BCUT2D eigenvalue weighted by Crippen LogP contribution is 2.30. The van der Waals surface area contributed by atoms with E-state index in [9.17, 15) is 9.90 Å². The molecule has 0 saturated carbocycles. The first-order chi connectivity index (χ1) is 16.5. The van der Waals surface area contributed by atoms with Gasteiger partial charge in [0.2, 0.25) is 0 Å². The summed E-state index contributed by atoms with van der Waals surface area (Å²) in [6.07, 6.45) is 12.6. The van der Waals surface area contributed by atoms with Crippen LogP contribution in [-0.4, -0.2) is 57.3 Å². The summed E-state index contributed by atoms with van der Waals surface area (Å²) in [6, 6.07) is 8.04. The molecule has 182 valence electrons. The molecule has 4 rings (SSSR count). The summed E-state index contributed by atoms with van der Waals surface area (Å²) in [4.78, 5) is 23.2. The van der Waals surface area contributed by atoms with Crippen LogP contribution in [0.4, 0.5) is 0 Å². The number of pyridine rings is 1. The predicted molar refractivity (Wildman–Crippen MR) is 133 cm³/mol. The van der Waals surface area contributed by atoms with Crippen LogP contribution in [0.25, 0.3) is 10.9 Å². The van der Waals surface area contributed by atoms with E-state index in [0.717, 1.165) is 80.5 Å². The average molecular weight is 465 g/mol. The molecule has 1 saturated heterocycles. The van der Waals surface area contributed by atoms with E-state index in [-0.39, 0.29) is 11.8 Å². The molecule has 7 nitrogen and oxygen atoms in total. The summed E-state index contributed by atoms with van der Waals surface area (Å²) in [5.41, 5.74) is 2.22. The van der Waals surface area contributed by atoms with Gasteiger partial charge in [-0.25, -0.2) is 4.98 Å². The van der Waals surface area contributed by atoms with Gasteiger partial charge in [-0.2, -0.15) is 0 Å². The second kappa shape index (κ2) is 11.5. The van der Waals surface area contributed by atoms with E-state index in [1.165, 1.54) is 5.56 Å². The molecule has 1 aliphatic heterocycles. The summed E-state index contributed by atoms with van der Waals surface area (Å²) in [6.45, 7) is 2.62. The van der Waals surface area contributed by atoms with Gasteiger partial charge in [-0.15, -0.1) is 0 Å². The number of carboxylic acids is 1. The third kappa shape index (κ3) is 5.95. The highest BCUT2D eigenvalue weighted by molar-refractivity contribution is 5.83. The molecule has 0 aliphatic carbocycles. The van der Waals surface area contributed by atoms with Crippen LogP contribution >= 0.6 is 0 Å². The average Bonchev–Trinajstić information content (AvgIpc) is 3.26. The number of benzene rings is 1. The van der Waals surface area contributed by atoms with Gasteiger partial charge in [-0.1, -0.05) is 0 Å². The number of likely N-dealkylation sites (tertiary alicyclic amines) is 1. The van der Waals surface area contributed by atoms with Crippen molar-refractivity contribution in [2.24, 2.45) is 18.9 Å². The molecule has 0 bridgehead atoms. The number of methoxy groups -OCH3 is 1. The van der Waals surface area contributed by atoms with Gasteiger partial charge in [0.15, 0.2) is 0 Å². The van der Waals surface area contributed by atoms with Crippen molar-refractivity contribution >= 4 is 16.9 Å². The zero-order chi connectivity index (χ0) is 23.9. The molecule has 1 aromatic carbocycles. The number of carbonyl (C=O) groups is 1. The first kappa shape index (κ1) is 24.2. The Balaban J connectivity index is 1.26. The Labute approximate surface area is 201 Å². The minimum atomic E-state index is -0.651. The second-order valence-electron chi connectivity index (χ2n) is 9.45. The van der Waals surface area contributed by atoms with E-state index in [1.54, 1.807) is 7.11 Å². The Morgan fingerprint density at radius 1 is 1.15 bits per heavy atom. The van der Waals surface area contributed by atoms with E-state index < -0.39 is 5.97 Å². The number of rotatable bonds is 11. The number of carboxylic acid groups (broad SMARTS) is 1. The molecule has 2 aromatic heterocycles. The maximum Gasteiger partial charge on any atom is 0.308 e. The van der Waals surface area contributed by atoms with Crippen molar-refractivity contribution in [1.82, 2.24) is 19.4 Å². The lowest BCUT2D eigenvalue weighted by Crippen LogP contribution is -2.44. The molecule has 0 spiro atoms. The largest absolute Gasteiger partial charge is 0.497 e.